The first kappa shape index (κ1) is 22.2. The summed E-state index contributed by atoms with van der Waals surface area (Å²) in [5, 5.41) is 0. The van der Waals surface area contributed by atoms with Crippen molar-refractivity contribution >= 4 is 24.8 Å². The fourth-order valence-electron chi connectivity index (χ4n) is 1.89. The summed E-state index contributed by atoms with van der Waals surface area (Å²) in [6.45, 7) is 13.0. The summed E-state index contributed by atoms with van der Waals surface area (Å²) in [6, 6.07) is 12.9. The third-order valence-electron chi connectivity index (χ3n) is 3.44. The van der Waals surface area contributed by atoms with E-state index in [0.29, 0.717) is 0 Å². The summed E-state index contributed by atoms with van der Waals surface area (Å²) in [5.74, 6) is 0. The van der Waals surface area contributed by atoms with Crippen molar-refractivity contribution in [1.82, 2.24) is 0 Å². The van der Waals surface area contributed by atoms with E-state index in [0.717, 1.165) is 0 Å². The van der Waals surface area contributed by atoms with Gasteiger partial charge in [0.2, 0.25) is 0 Å². The van der Waals surface area contributed by atoms with Crippen molar-refractivity contribution in [3.05, 3.63) is 58.7 Å². The first-order valence-corrected chi connectivity index (χ1v) is 16.9. The Hall–Kier alpha value is 0.211. The van der Waals surface area contributed by atoms with Gasteiger partial charge < -0.3 is 0 Å². The molecule has 0 heterocycles. The second-order valence-corrected chi connectivity index (χ2v) is 21.5. The Balaban J connectivity index is 0.000000306. The van der Waals surface area contributed by atoms with E-state index in [2.05, 4.69) is 77.2 Å². The van der Waals surface area contributed by atoms with Gasteiger partial charge in [-0.25, -0.2) is 12.1 Å². The molecule has 0 aliphatic heterocycles. The van der Waals surface area contributed by atoms with Gasteiger partial charge in [0.25, 0.3) is 0 Å². The Kier molecular flexibility index (Phi) is 12.7. The molecule has 0 aromatic heterocycles. The fraction of sp³-hybridized carbons (Fsp3) is 0.444. The molecule has 124 valence electrons. The van der Waals surface area contributed by atoms with Crippen LogP contribution in [-0.2, 0) is 27.3 Å². The summed E-state index contributed by atoms with van der Waals surface area (Å²) in [6.07, 6.45) is 2.08. The van der Waals surface area contributed by atoms with Crippen molar-refractivity contribution in [1.29, 1.82) is 0 Å². The molecule has 0 unspecified atom stereocenters. The molecule has 0 fully saturated rings. The van der Waals surface area contributed by atoms with Crippen LogP contribution in [0, 0.1) is 13.8 Å². The summed E-state index contributed by atoms with van der Waals surface area (Å²) in [4.78, 5) is 0. The zero-order valence-corrected chi connectivity index (χ0v) is 18.7. The Morgan fingerprint density at radius 1 is 0.909 bits per heavy atom. The molecular weight excluding hydrogens is 363 g/mol. The van der Waals surface area contributed by atoms with Gasteiger partial charge in [0, 0.05) is 0 Å². The third-order valence-corrected chi connectivity index (χ3v) is 17.1. The second kappa shape index (κ2) is 12.6. The molecule has 0 radical (unpaired) electrons. The zero-order valence-electron chi connectivity index (χ0n) is 14.6. The van der Waals surface area contributed by atoms with Crippen LogP contribution in [0.4, 0.5) is 0 Å². The van der Waals surface area contributed by atoms with Gasteiger partial charge in [0.05, 0.1) is 0 Å². The van der Waals surface area contributed by atoms with Gasteiger partial charge in [-0.05, 0) is 0 Å². The molecule has 2 rings (SSSR count). The van der Waals surface area contributed by atoms with Crippen LogP contribution in [0.2, 0.25) is 13.1 Å². The molecule has 0 aliphatic rings. The van der Waals surface area contributed by atoms with Crippen molar-refractivity contribution in [2.24, 2.45) is 0 Å². The van der Waals surface area contributed by atoms with Crippen molar-refractivity contribution in [2.45, 2.75) is 53.6 Å². The van der Waals surface area contributed by atoms with E-state index in [1.807, 2.05) is 0 Å². The van der Waals surface area contributed by atoms with E-state index in [4.69, 9.17) is 18.6 Å². The summed E-state index contributed by atoms with van der Waals surface area (Å²) in [5.41, 5.74) is 5.80. The van der Waals surface area contributed by atoms with E-state index < -0.39 is 14.5 Å². The molecule has 0 nitrogen and oxygen atoms in total. The number of hydrogen-bond acceptors (Lipinski definition) is 0. The molecule has 0 N–H and O–H groups in total. The first-order valence-electron chi connectivity index (χ1n) is 7.74. The van der Waals surface area contributed by atoms with E-state index in [1.165, 1.54) is 35.1 Å². The summed E-state index contributed by atoms with van der Waals surface area (Å²) in [7, 11) is 11.2. The van der Waals surface area contributed by atoms with Crippen molar-refractivity contribution in [2.75, 3.05) is 0 Å². The summed E-state index contributed by atoms with van der Waals surface area (Å²) >= 11 is -1.42. The molecule has 0 saturated carbocycles. The van der Waals surface area contributed by atoms with Crippen LogP contribution < -0.4 is 0 Å². The van der Waals surface area contributed by atoms with Crippen LogP contribution in [0.3, 0.4) is 0 Å². The fourth-order valence-corrected chi connectivity index (χ4v) is 1.89. The van der Waals surface area contributed by atoms with Crippen molar-refractivity contribution in [3.8, 4) is 0 Å². The minimum atomic E-state index is -1.42. The molecule has 0 atom stereocenters. The van der Waals surface area contributed by atoms with E-state index in [-0.39, 0.29) is 6.19 Å². The third kappa shape index (κ3) is 9.37. The Labute approximate surface area is 151 Å². The van der Waals surface area contributed by atoms with E-state index >= 15 is 0 Å². The van der Waals surface area contributed by atoms with Gasteiger partial charge in [-0.1, -0.05) is 40.5 Å². The van der Waals surface area contributed by atoms with Gasteiger partial charge in [0.15, 0.2) is 0 Å². The molecule has 0 spiro atoms. The van der Waals surface area contributed by atoms with Crippen LogP contribution in [-0.4, -0.2) is 6.19 Å². The number of aryl methyl sites for hydroxylation is 4. The van der Waals surface area contributed by atoms with Gasteiger partial charge in [-0.3, -0.25) is 0 Å². The predicted molar refractivity (Wildman–Crippen MR) is 101 cm³/mol. The minimum absolute atomic E-state index is 0.254. The predicted octanol–water partition coefficient (Wildman–Crippen LogP) is 6.72. The molecule has 0 aliphatic carbocycles. The van der Waals surface area contributed by atoms with Gasteiger partial charge >= 0.3 is 52.4 Å². The van der Waals surface area contributed by atoms with Crippen molar-refractivity contribution in [3.63, 3.8) is 0 Å². The maximum atomic E-state index is 5.59. The van der Waals surface area contributed by atoms with Crippen LogP contribution in [0.1, 0.15) is 36.1 Å². The standard InChI is InChI=1S/2C8H11.C2H6Si.2ClH.Ti/c2*1-3-8-6-4-5-7(8)2;1-3-2;;;/h2*4-6H,3H2,1-2H3;1-2H3;2*1H;/q2*-1;;;;+2/p-2. The average Bonchev–Trinajstić information content (AvgIpc) is 3.07. The Morgan fingerprint density at radius 3 is 1.32 bits per heavy atom. The second-order valence-electron chi connectivity index (χ2n) is 5.44. The van der Waals surface area contributed by atoms with Gasteiger partial charge in [-0.2, -0.15) is 46.5 Å². The van der Waals surface area contributed by atoms with Crippen molar-refractivity contribution < 1.29 is 14.5 Å². The maximum absolute atomic E-state index is 5.59. The van der Waals surface area contributed by atoms with E-state index in [1.54, 1.807) is 0 Å². The Bertz CT molecular complexity index is 509. The average molecular weight is 391 g/mol. The molecule has 2 aromatic rings. The van der Waals surface area contributed by atoms with Gasteiger partial charge in [-0.15, -0.1) is 0 Å². The number of rotatable bonds is 2. The topological polar surface area (TPSA) is 0 Å². The van der Waals surface area contributed by atoms with Crippen LogP contribution in [0.15, 0.2) is 36.4 Å². The first-order chi connectivity index (χ1) is 10.3. The SMILES string of the molecule is CCc1[cH-]ccc1C.CCc1[cH-]ccc1C.C[Si](C)=[Ti]([Cl])[Cl]. The molecular formula is C18H28Cl2SiTi-2. The molecule has 0 bridgehead atoms. The molecule has 2 aromatic carbocycles. The normalized spacial score (nSPS) is 9.27. The molecule has 22 heavy (non-hydrogen) atoms. The quantitative estimate of drug-likeness (QED) is 0.394. The van der Waals surface area contributed by atoms with Gasteiger partial charge in [0.1, 0.15) is 0 Å². The summed E-state index contributed by atoms with van der Waals surface area (Å²) < 4.78 is 0. The number of hydrogen-bond donors (Lipinski definition) is 0. The van der Waals surface area contributed by atoms with E-state index in [9.17, 15) is 0 Å². The van der Waals surface area contributed by atoms with Crippen LogP contribution in [0.25, 0.3) is 0 Å². The zero-order chi connectivity index (χ0) is 17.1. The molecule has 0 amide bonds. The number of halogens is 2. The monoisotopic (exact) mass is 390 g/mol. The Morgan fingerprint density at radius 2 is 1.23 bits per heavy atom. The molecule has 0 saturated heterocycles. The van der Waals surface area contributed by atoms with Crippen LogP contribution in [0.5, 0.6) is 0 Å². The molecule has 4 heteroatoms. The van der Waals surface area contributed by atoms with Crippen LogP contribution >= 0.6 is 18.6 Å².